The van der Waals surface area contributed by atoms with Crippen LogP contribution in [0.4, 0.5) is 0 Å². The summed E-state index contributed by atoms with van der Waals surface area (Å²) in [6.07, 6.45) is -0.992. The number of methoxy groups -OCH3 is 1. The number of rotatable bonds is 2. The molecule has 0 saturated carbocycles. The Kier molecular flexibility index (Phi) is 3.06. The zero-order chi connectivity index (χ0) is 12.4. The van der Waals surface area contributed by atoms with Crippen LogP contribution in [0.25, 0.3) is 5.57 Å². The van der Waals surface area contributed by atoms with E-state index >= 15 is 0 Å². The van der Waals surface area contributed by atoms with Crippen LogP contribution in [0.15, 0.2) is 35.9 Å². The fourth-order valence-electron chi connectivity index (χ4n) is 1.98. The minimum Gasteiger partial charge on any atom is -0.465 e. The van der Waals surface area contributed by atoms with Crippen molar-refractivity contribution >= 4 is 17.3 Å². The first-order valence-corrected chi connectivity index (χ1v) is 5.24. The van der Waals surface area contributed by atoms with Crippen molar-refractivity contribution in [3.8, 4) is 0 Å². The average molecular weight is 232 g/mol. The number of carbonyl (C=O) groups excluding carboxylic acids is 2. The maximum atomic E-state index is 11.7. The zero-order valence-corrected chi connectivity index (χ0v) is 9.34. The molecule has 0 amide bonds. The third-order valence-corrected chi connectivity index (χ3v) is 2.73. The molecule has 4 nitrogen and oxygen atoms in total. The van der Waals surface area contributed by atoms with Gasteiger partial charge in [0.15, 0.2) is 5.78 Å². The first kappa shape index (κ1) is 11.5. The first-order valence-electron chi connectivity index (χ1n) is 5.24. The maximum Gasteiger partial charge on any atom is 0.341 e. The molecule has 1 aromatic carbocycles. The lowest BCUT2D eigenvalue weighted by molar-refractivity contribution is -0.137. The van der Waals surface area contributed by atoms with Gasteiger partial charge in [0.1, 0.15) is 5.57 Å². The third-order valence-electron chi connectivity index (χ3n) is 2.73. The predicted octanol–water partition coefficient (Wildman–Crippen LogP) is 0.947. The smallest absolute Gasteiger partial charge is 0.341 e. The van der Waals surface area contributed by atoms with Gasteiger partial charge in [-0.05, 0) is 5.56 Å². The van der Waals surface area contributed by atoms with Gasteiger partial charge in [-0.15, -0.1) is 0 Å². The highest BCUT2D eigenvalue weighted by Crippen LogP contribution is 2.32. The van der Waals surface area contributed by atoms with Crippen molar-refractivity contribution in [2.45, 2.75) is 12.5 Å². The number of hydrogen-bond donors (Lipinski definition) is 1. The van der Waals surface area contributed by atoms with Crippen LogP contribution in [-0.4, -0.2) is 30.1 Å². The Morgan fingerprint density at radius 1 is 1.35 bits per heavy atom. The summed E-state index contributed by atoms with van der Waals surface area (Å²) in [5.41, 5.74) is 1.000. The topological polar surface area (TPSA) is 63.6 Å². The number of Topliss-reactive ketones (excluding diaryl/α,β-unsaturated/α-hetero) is 1. The molecule has 1 aromatic rings. The second-order valence-corrected chi connectivity index (χ2v) is 3.79. The third kappa shape index (κ3) is 1.99. The summed E-state index contributed by atoms with van der Waals surface area (Å²) < 4.78 is 4.58. The zero-order valence-electron chi connectivity index (χ0n) is 9.34. The fourth-order valence-corrected chi connectivity index (χ4v) is 1.98. The van der Waals surface area contributed by atoms with Crippen molar-refractivity contribution < 1.29 is 19.4 Å². The molecule has 1 unspecified atom stereocenters. The molecule has 1 N–H and O–H groups in total. The van der Waals surface area contributed by atoms with E-state index in [0.29, 0.717) is 11.1 Å². The van der Waals surface area contributed by atoms with Crippen molar-refractivity contribution in [1.29, 1.82) is 0 Å². The lowest BCUT2D eigenvalue weighted by atomic mass is 10.0. The summed E-state index contributed by atoms with van der Waals surface area (Å²) in [6, 6.07) is 8.89. The number of aliphatic hydroxyl groups is 1. The largest absolute Gasteiger partial charge is 0.465 e. The number of ketones is 1. The van der Waals surface area contributed by atoms with Gasteiger partial charge in [-0.3, -0.25) is 4.79 Å². The number of ether oxygens (including phenoxy) is 1. The normalized spacial score (nSPS) is 19.6. The van der Waals surface area contributed by atoms with Crippen LogP contribution >= 0.6 is 0 Å². The van der Waals surface area contributed by atoms with Gasteiger partial charge in [0, 0.05) is 12.0 Å². The van der Waals surface area contributed by atoms with Crippen LogP contribution in [0.3, 0.4) is 0 Å². The Morgan fingerprint density at radius 2 is 2.00 bits per heavy atom. The van der Waals surface area contributed by atoms with Crippen LogP contribution in [0.1, 0.15) is 12.0 Å². The second-order valence-electron chi connectivity index (χ2n) is 3.79. The molecule has 2 rings (SSSR count). The number of aliphatic hydroxyl groups excluding tert-OH is 1. The fraction of sp³-hybridized carbons (Fsp3) is 0.231. The number of carbonyl (C=O) groups is 2. The molecular formula is C13H12O4. The molecule has 0 aliphatic heterocycles. The van der Waals surface area contributed by atoms with E-state index < -0.39 is 12.1 Å². The minimum absolute atomic E-state index is 0.0359. The first-order chi connectivity index (χ1) is 8.15. The SMILES string of the molecule is COC(=O)C1=C(c2ccccc2)C(O)CC1=O. The molecule has 0 aromatic heterocycles. The average Bonchev–Trinajstić information content (AvgIpc) is 2.64. The molecule has 0 fully saturated rings. The summed E-state index contributed by atoms with van der Waals surface area (Å²) in [7, 11) is 1.22. The Balaban J connectivity index is 2.56. The standard InChI is InChI=1S/C13H12O4/c1-17-13(16)12-10(15)7-9(14)11(12)8-5-3-2-4-6-8/h2-6,9,14H,7H2,1H3. The molecule has 1 atom stereocenters. The van der Waals surface area contributed by atoms with Crippen molar-refractivity contribution in [3.05, 3.63) is 41.5 Å². The van der Waals surface area contributed by atoms with Gasteiger partial charge in [0.25, 0.3) is 0 Å². The van der Waals surface area contributed by atoms with Crippen molar-refractivity contribution in [2.75, 3.05) is 7.11 Å². The lowest BCUT2D eigenvalue weighted by Gasteiger charge is -2.08. The van der Waals surface area contributed by atoms with Gasteiger partial charge in [-0.2, -0.15) is 0 Å². The summed E-state index contributed by atoms with van der Waals surface area (Å²) in [5.74, 6) is -1.06. The summed E-state index contributed by atoms with van der Waals surface area (Å²) in [4.78, 5) is 23.2. The number of esters is 1. The Hall–Kier alpha value is -1.94. The van der Waals surface area contributed by atoms with Gasteiger partial charge in [0.05, 0.1) is 13.2 Å². The predicted molar refractivity (Wildman–Crippen MR) is 61.0 cm³/mol. The molecule has 0 saturated heterocycles. The summed E-state index contributed by atoms with van der Waals surface area (Å²) in [5, 5.41) is 9.84. The lowest BCUT2D eigenvalue weighted by Crippen LogP contribution is -2.11. The highest BCUT2D eigenvalue weighted by Gasteiger charge is 2.36. The van der Waals surface area contributed by atoms with Crippen molar-refractivity contribution in [1.82, 2.24) is 0 Å². The van der Waals surface area contributed by atoms with Crippen LogP contribution in [0.2, 0.25) is 0 Å². The number of hydrogen-bond acceptors (Lipinski definition) is 4. The second kappa shape index (κ2) is 4.51. The molecule has 0 spiro atoms. The van der Waals surface area contributed by atoms with Crippen LogP contribution < -0.4 is 0 Å². The Morgan fingerprint density at radius 3 is 2.59 bits per heavy atom. The highest BCUT2D eigenvalue weighted by molar-refractivity contribution is 6.26. The molecular weight excluding hydrogens is 220 g/mol. The van der Waals surface area contributed by atoms with Gasteiger partial charge in [0.2, 0.25) is 0 Å². The quantitative estimate of drug-likeness (QED) is 0.609. The van der Waals surface area contributed by atoms with Crippen LogP contribution in [-0.2, 0) is 14.3 Å². The van der Waals surface area contributed by atoms with Gasteiger partial charge >= 0.3 is 5.97 Å². The molecule has 1 aliphatic carbocycles. The number of benzene rings is 1. The van der Waals surface area contributed by atoms with Crippen molar-refractivity contribution in [3.63, 3.8) is 0 Å². The Bertz CT molecular complexity index is 487. The van der Waals surface area contributed by atoms with E-state index in [9.17, 15) is 14.7 Å². The van der Waals surface area contributed by atoms with E-state index in [1.807, 2.05) is 6.07 Å². The summed E-state index contributed by atoms with van der Waals surface area (Å²) in [6.45, 7) is 0. The van der Waals surface area contributed by atoms with E-state index in [1.165, 1.54) is 7.11 Å². The van der Waals surface area contributed by atoms with Crippen LogP contribution in [0, 0.1) is 0 Å². The molecule has 1 aliphatic rings. The van der Waals surface area contributed by atoms with Gasteiger partial charge in [-0.25, -0.2) is 4.79 Å². The molecule has 4 heteroatoms. The van der Waals surface area contributed by atoms with Gasteiger partial charge < -0.3 is 9.84 Å². The molecule has 0 heterocycles. The monoisotopic (exact) mass is 232 g/mol. The van der Waals surface area contributed by atoms with E-state index in [4.69, 9.17) is 0 Å². The van der Waals surface area contributed by atoms with E-state index in [-0.39, 0.29) is 17.8 Å². The molecule has 88 valence electrons. The Labute approximate surface area is 98.5 Å². The van der Waals surface area contributed by atoms with E-state index in [1.54, 1.807) is 24.3 Å². The molecule has 0 radical (unpaired) electrons. The molecule has 0 bridgehead atoms. The maximum absolute atomic E-state index is 11.7. The van der Waals surface area contributed by atoms with Crippen LogP contribution in [0.5, 0.6) is 0 Å². The molecule has 17 heavy (non-hydrogen) atoms. The minimum atomic E-state index is -0.931. The van der Waals surface area contributed by atoms with Gasteiger partial charge in [-0.1, -0.05) is 30.3 Å². The van der Waals surface area contributed by atoms with E-state index in [2.05, 4.69) is 4.74 Å². The highest BCUT2D eigenvalue weighted by atomic mass is 16.5. The summed E-state index contributed by atoms with van der Waals surface area (Å²) >= 11 is 0. The van der Waals surface area contributed by atoms with E-state index in [0.717, 1.165) is 0 Å². The van der Waals surface area contributed by atoms with Crippen molar-refractivity contribution in [2.24, 2.45) is 0 Å².